The molecule has 8 heteroatoms. The monoisotopic (exact) mass is 314 g/mol. The number of hydrogen-bond acceptors (Lipinski definition) is 5. The summed E-state index contributed by atoms with van der Waals surface area (Å²) < 4.78 is 26.2. The highest BCUT2D eigenvalue weighted by atomic mass is 32.2. The van der Waals surface area contributed by atoms with E-state index in [0.29, 0.717) is 19.4 Å². The third-order valence-corrected chi connectivity index (χ3v) is 4.19. The van der Waals surface area contributed by atoms with Crippen LogP contribution in [0.1, 0.15) is 18.4 Å². The molecule has 0 heterocycles. The first-order valence-electron chi connectivity index (χ1n) is 6.61. The average Bonchev–Trinajstić information content (AvgIpc) is 2.43. The van der Waals surface area contributed by atoms with Gasteiger partial charge in [0.2, 0.25) is 5.96 Å². The molecule has 0 aromatic heterocycles. The number of nitrogens with two attached hydrogens (primary N) is 2. The molecule has 6 N–H and O–H groups in total. The summed E-state index contributed by atoms with van der Waals surface area (Å²) in [6.07, 6.45) is 1.21. The molecule has 0 aliphatic rings. The van der Waals surface area contributed by atoms with Gasteiger partial charge >= 0.3 is 0 Å². The lowest BCUT2D eigenvalue weighted by Gasteiger charge is -2.08. The average molecular weight is 314 g/mol. The maximum atomic E-state index is 12.0. The topological polar surface area (TPSA) is 131 Å². The Kier molecular flexibility index (Phi) is 6.60. The van der Waals surface area contributed by atoms with Crippen LogP contribution in [-0.2, 0) is 10.0 Å². The summed E-state index contributed by atoms with van der Waals surface area (Å²) in [4.78, 5) is 4.06. The fraction of sp³-hybridized carbons (Fsp3) is 0.462. The number of aliphatic imine (C=N–C) groups is 1. The van der Waals surface area contributed by atoms with Crippen molar-refractivity contribution in [1.29, 1.82) is 0 Å². The largest absolute Gasteiger partial charge is 0.395 e. The summed E-state index contributed by atoms with van der Waals surface area (Å²) in [6, 6.07) is 6.14. The molecule has 0 bridgehead atoms. The van der Waals surface area contributed by atoms with E-state index in [4.69, 9.17) is 16.6 Å². The number of guanidine groups is 1. The maximum absolute atomic E-state index is 12.0. The Morgan fingerprint density at radius 3 is 2.57 bits per heavy atom. The summed E-state index contributed by atoms with van der Waals surface area (Å²) in [5, 5.41) is 8.76. The van der Waals surface area contributed by atoms with Gasteiger partial charge < -0.3 is 16.6 Å². The normalized spacial score (nSPS) is 14.0. The van der Waals surface area contributed by atoms with E-state index in [2.05, 4.69) is 9.71 Å². The number of nitrogens with one attached hydrogen (secondary N) is 1. The van der Waals surface area contributed by atoms with E-state index in [-0.39, 0.29) is 23.5 Å². The molecule has 1 atom stereocenters. The second-order valence-electron chi connectivity index (χ2n) is 4.77. The Labute approximate surface area is 125 Å². The third kappa shape index (κ3) is 6.11. The minimum atomic E-state index is -3.70. The lowest BCUT2D eigenvalue weighted by molar-refractivity contribution is 0.259. The molecule has 1 rings (SSSR count). The van der Waals surface area contributed by atoms with Crippen molar-refractivity contribution in [3.8, 4) is 0 Å². The molecule has 0 aliphatic heterocycles. The molecular formula is C13H22N4O3S. The number of benzene rings is 1. The third-order valence-electron chi connectivity index (χ3n) is 2.82. The van der Waals surface area contributed by atoms with Crippen LogP contribution in [-0.4, -0.2) is 38.7 Å². The first-order valence-corrected chi connectivity index (χ1v) is 8.09. The SMILES string of the molecule is Cc1ccc(S(=O)(=O)NC(N)=NCCC[C@H](N)CO)cc1. The lowest BCUT2D eigenvalue weighted by atomic mass is 10.2. The van der Waals surface area contributed by atoms with E-state index in [0.717, 1.165) is 5.56 Å². The van der Waals surface area contributed by atoms with Gasteiger partial charge in [-0.15, -0.1) is 0 Å². The highest BCUT2D eigenvalue weighted by molar-refractivity contribution is 7.90. The minimum absolute atomic E-state index is 0.0841. The van der Waals surface area contributed by atoms with E-state index in [9.17, 15) is 8.42 Å². The summed E-state index contributed by atoms with van der Waals surface area (Å²) in [5.74, 6) is -0.159. The van der Waals surface area contributed by atoms with Crippen molar-refractivity contribution in [2.45, 2.75) is 30.7 Å². The van der Waals surface area contributed by atoms with E-state index in [1.54, 1.807) is 12.1 Å². The van der Waals surface area contributed by atoms with Gasteiger partial charge in [0.1, 0.15) is 0 Å². The lowest BCUT2D eigenvalue weighted by Crippen LogP contribution is -2.37. The van der Waals surface area contributed by atoms with Crippen molar-refractivity contribution in [1.82, 2.24) is 4.72 Å². The summed E-state index contributed by atoms with van der Waals surface area (Å²) in [7, 11) is -3.70. The van der Waals surface area contributed by atoms with Crippen LogP contribution >= 0.6 is 0 Å². The van der Waals surface area contributed by atoms with E-state index in [1.807, 2.05) is 6.92 Å². The van der Waals surface area contributed by atoms with Crippen LogP contribution < -0.4 is 16.2 Å². The summed E-state index contributed by atoms with van der Waals surface area (Å²) >= 11 is 0. The number of aliphatic hydroxyl groups is 1. The van der Waals surface area contributed by atoms with Crippen LogP contribution in [0.2, 0.25) is 0 Å². The van der Waals surface area contributed by atoms with Crippen molar-refractivity contribution in [3.05, 3.63) is 29.8 Å². The zero-order valence-electron chi connectivity index (χ0n) is 12.0. The van der Waals surface area contributed by atoms with Gasteiger partial charge in [-0.2, -0.15) is 0 Å². The molecule has 1 aromatic rings. The molecule has 0 saturated carbocycles. The van der Waals surface area contributed by atoms with E-state index < -0.39 is 10.0 Å². The Morgan fingerprint density at radius 2 is 2.00 bits per heavy atom. The predicted octanol–water partition coefficient (Wildman–Crippen LogP) is -0.312. The Balaban J connectivity index is 2.56. The molecule has 0 radical (unpaired) electrons. The zero-order chi connectivity index (χ0) is 15.9. The van der Waals surface area contributed by atoms with Crippen molar-refractivity contribution in [2.75, 3.05) is 13.2 Å². The van der Waals surface area contributed by atoms with Gasteiger partial charge in [0.25, 0.3) is 10.0 Å². The van der Waals surface area contributed by atoms with Gasteiger partial charge in [0.05, 0.1) is 11.5 Å². The smallest absolute Gasteiger partial charge is 0.264 e. The second-order valence-corrected chi connectivity index (χ2v) is 6.45. The van der Waals surface area contributed by atoms with Gasteiger partial charge in [-0.25, -0.2) is 13.1 Å². The maximum Gasteiger partial charge on any atom is 0.264 e. The predicted molar refractivity (Wildman–Crippen MR) is 82.3 cm³/mol. The molecule has 1 aromatic carbocycles. The molecule has 0 spiro atoms. The fourth-order valence-corrected chi connectivity index (χ4v) is 2.54. The second kappa shape index (κ2) is 7.96. The molecule has 118 valence electrons. The van der Waals surface area contributed by atoms with Crippen molar-refractivity contribution in [3.63, 3.8) is 0 Å². The number of nitrogens with zero attached hydrogens (tertiary/aromatic N) is 1. The van der Waals surface area contributed by atoms with Gasteiger partial charge in [0, 0.05) is 12.6 Å². The molecule has 0 unspecified atom stereocenters. The number of sulfonamides is 1. The van der Waals surface area contributed by atoms with Crippen LogP contribution in [0.4, 0.5) is 0 Å². The molecule has 21 heavy (non-hydrogen) atoms. The van der Waals surface area contributed by atoms with Gasteiger partial charge in [-0.3, -0.25) is 4.99 Å². The first-order chi connectivity index (χ1) is 9.85. The van der Waals surface area contributed by atoms with E-state index in [1.165, 1.54) is 12.1 Å². The van der Waals surface area contributed by atoms with Crippen LogP contribution in [0.5, 0.6) is 0 Å². The Morgan fingerprint density at radius 1 is 1.38 bits per heavy atom. The number of rotatable bonds is 7. The fourth-order valence-electron chi connectivity index (χ4n) is 1.59. The van der Waals surface area contributed by atoms with Crippen LogP contribution in [0.15, 0.2) is 34.2 Å². The summed E-state index contributed by atoms with van der Waals surface area (Å²) in [6.45, 7) is 2.13. The van der Waals surface area contributed by atoms with Crippen LogP contribution in [0.25, 0.3) is 0 Å². The number of aliphatic hydroxyl groups excluding tert-OH is 1. The van der Waals surface area contributed by atoms with Crippen LogP contribution in [0.3, 0.4) is 0 Å². The van der Waals surface area contributed by atoms with E-state index >= 15 is 0 Å². The number of aryl methyl sites for hydroxylation is 1. The van der Waals surface area contributed by atoms with Gasteiger partial charge in [0.15, 0.2) is 0 Å². The molecule has 0 fully saturated rings. The highest BCUT2D eigenvalue weighted by Gasteiger charge is 2.14. The highest BCUT2D eigenvalue weighted by Crippen LogP contribution is 2.09. The Bertz CT molecular complexity index is 570. The van der Waals surface area contributed by atoms with Gasteiger partial charge in [-0.05, 0) is 31.9 Å². The number of hydrogen-bond donors (Lipinski definition) is 4. The molecule has 0 amide bonds. The molecular weight excluding hydrogens is 292 g/mol. The van der Waals surface area contributed by atoms with Gasteiger partial charge in [-0.1, -0.05) is 17.7 Å². The van der Waals surface area contributed by atoms with Crippen molar-refractivity contribution in [2.24, 2.45) is 16.5 Å². The van der Waals surface area contributed by atoms with Crippen molar-refractivity contribution < 1.29 is 13.5 Å². The Hall–Kier alpha value is -1.64. The molecule has 7 nitrogen and oxygen atoms in total. The summed E-state index contributed by atoms with van der Waals surface area (Å²) in [5.41, 5.74) is 12.1. The standard InChI is InChI=1S/C13H22N4O3S/c1-10-4-6-12(7-5-10)21(19,20)17-13(15)16-8-2-3-11(14)9-18/h4-7,11,18H,2-3,8-9,14H2,1H3,(H3,15,16,17)/t11-/m0/s1. The zero-order valence-corrected chi connectivity index (χ0v) is 12.8. The minimum Gasteiger partial charge on any atom is -0.395 e. The first kappa shape index (κ1) is 17.4. The van der Waals surface area contributed by atoms with Crippen LogP contribution in [0, 0.1) is 6.92 Å². The quantitative estimate of drug-likeness (QED) is 0.311. The van der Waals surface area contributed by atoms with Crippen molar-refractivity contribution >= 4 is 16.0 Å². The molecule has 0 aliphatic carbocycles. The molecule has 0 saturated heterocycles.